The van der Waals surface area contributed by atoms with Gasteiger partial charge in [-0.1, -0.05) is 79.2 Å². The molecule has 2 atom stereocenters. The van der Waals surface area contributed by atoms with Crippen LogP contribution in [0.2, 0.25) is 0 Å². The fourth-order valence-corrected chi connectivity index (χ4v) is 3.96. The zero-order chi connectivity index (χ0) is 25.9. The molecule has 0 spiro atoms. The van der Waals surface area contributed by atoms with Crippen molar-refractivity contribution >= 4 is 11.8 Å². The second-order valence-electron chi connectivity index (χ2n) is 8.97. The maximum absolute atomic E-state index is 13.7. The summed E-state index contributed by atoms with van der Waals surface area (Å²) in [5, 5.41) is 3.08. The van der Waals surface area contributed by atoms with E-state index in [2.05, 4.69) is 5.32 Å². The van der Waals surface area contributed by atoms with Gasteiger partial charge in [-0.15, -0.1) is 0 Å². The third-order valence-corrected chi connectivity index (χ3v) is 6.13. The standard InChI is InChI=1S/C30H36N2O4/c1-5-23(3)31-30(34)26(19-24-13-7-6-8-14-24)32(20-25-15-11-12-22(2)18-25)29(33)21-36-28-17-10-9-16-27(28)35-4/h6-18,23,26H,5,19-21H2,1-4H3,(H,31,34)/t23-,26+/m1/s1. The van der Waals surface area contributed by atoms with E-state index in [0.29, 0.717) is 24.5 Å². The lowest BCUT2D eigenvalue weighted by atomic mass is 10.0. The highest BCUT2D eigenvalue weighted by Crippen LogP contribution is 2.26. The molecule has 0 aliphatic heterocycles. The number of ether oxygens (including phenoxy) is 2. The Morgan fingerprint density at radius 2 is 1.58 bits per heavy atom. The summed E-state index contributed by atoms with van der Waals surface area (Å²) in [4.78, 5) is 28.8. The van der Waals surface area contributed by atoms with Gasteiger partial charge in [0, 0.05) is 19.0 Å². The molecule has 0 fully saturated rings. The summed E-state index contributed by atoms with van der Waals surface area (Å²) in [5.74, 6) is 0.576. The number of rotatable bonds is 12. The van der Waals surface area contributed by atoms with Gasteiger partial charge in [-0.25, -0.2) is 0 Å². The quantitative estimate of drug-likeness (QED) is 0.392. The van der Waals surface area contributed by atoms with Crippen molar-refractivity contribution in [3.63, 3.8) is 0 Å². The van der Waals surface area contributed by atoms with Crippen molar-refractivity contribution < 1.29 is 19.1 Å². The molecular formula is C30H36N2O4. The maximum atomic E-state index is 13.7. The molecule has 36 heavy (non-hydrogen) atoms. The number of nitrogens with one attached hydrogen (secondary N) is 1. The van der Waals surface area contributed by atoms with Crippen LogP contribution in [0.15, 0.2) is 78.9 Å². The fourth-order valence-electron chi connectivity index (χ4n) is 3.96. The summed E-state index contributed by atoms with van der Waals surface area (Å²) >= 11 is 0. The third kappa shape index (κ3) is 7.60. The first kappa shape index (κ1) is 26.8. The monoisotopic (exact) mass is 488 g/mol. The van der Waals surface area contributed by atoms with Crippen LogP contribution in [0.4, 0.5) is 0 Å². The van der Waals surface area contributed by atoms with E-state index < -0.39 is 6.04 Å². The molecule has 3 aromatic rings. The minimum atomic E-state index is -0.698. The van der Waals surface area contributed by atoms with E-state index in [9.17, 15) is 9.59 Å². The molecule has 0 unspecified atom stereocenters. The molecule has 3 aromatic carbocycles. The first-order chi connectivity index (χ1) is 17.4. The number of carbonyl (C=O) groups is 2. The molecule has 0 aliphatic carbocycles. The number of hydrogen-bond donors (Lipinski definition) is 1. The number of hydrogen-bond acceptors (Lipinski definition) is 4. The highest BCUT2D eigenvalue weighted by molar-refractivity contribution is 5.88. The number of amides is 2. The van der Waals surface area contributed by atoms with Crippen molar-refractivity contribution in [1.29, 1.82) is 0 Å². The summed E-state index contributed by atoms with van der Waals surface area (Å²) in [6.45, 7) is 6.08. The molecule has 1 N–H and O–H groups in total. The molecule has 0 aliphatic rings. The number of nitrogens with zero attached hydrogens (tertiary/aromatic N) is 1. The van der Waals surface area contributed by atoms with E-state index in [1.54, 1.807) is 24.1 Å². The molecule has 0 bridgehead atoms. The lowest BCUT2D eigenvalue weighted by Gasteiger charge is -2.32. The highest BCUT2D eigenvalue weighted by Gasteiger charge is 2.31. The van der Waals surface area contributed by atoms with Gasteiger partial charge in [-0.3, -0.25) is 9.59 Å². The lowest BCUT2D eigenvalue weighted by molar-refractivity contribution is -0.143. The number of carbonyl (C=O) groups excluding carboxylic acids is 2. The smallest absolute Gasteiger partial charge is 0.261 e. The van der Waals surface area contributed by atoms with E-state index in [0.717, 1.165) is 23.1 Å². The van der Waals surface area contributed by atoms with Gasteiger partial charge >= 0.3 is 0 Å². The largest absolute Gasteiger partial charge is 0.493 e. The van der Waals surface area contributed by atoms with Gasteiger partial charge in [0.05, 0.1) is 7.11 Å². The van der Waals surface area contributed by atoms with Gasteiger partial charge in [0.1, 0.15) is 6.04 Å². The van der Waals surface area contributed by atoms with Gasteiger partial charge in [-0.05, 0) is 43.5 Å². The molecule has 0 heterocycles. The Morgan fingerprint density at radius 3 is 2.25 bits per heavy atom. The van der Waals surface area contributed by atoms with Crippen LogP contribution in [0.25, 0.3) is 0 Å². The number of methoxy groups -OCH3 is 1. The molecule has 190 valence electrons. The van der Waals surface area contributed by atoms with E-state index >= 15 is 0 Å². The van der Waals surface area contributed by atoms with Crippen molar-refractivity contribution in [2.75, 3.05) is 13.7 Å². The van der Waals surface area contributed by atoms with Gasteiger partial charge < -0.3 is 19.7 Å². The summed E-state index contributed by atoms with van der Waals surface area (Å²) in [6, 6.07) is 24.3. The maximum Gasteiger partial charge on any atom is 0.261 e. The van der Waals surface area contributed by atoms with E-state index in [1.807, 2.05) is 87.5 Å². The Balaban J connectivity index is 1.93. The average Bonchev–Trinajstić information content (AvgIpc) is 2.89. The molecule has 0 radical (unpaired) electrons. The van der Waals surface area contributed by atoms with Crippen LogP contribution in [0.3, 0.4) is 0 Å². The zero-order valence-electron chi connectivity index (χ0n) is 21.6. The van der Waals surface area contributed by atoms with Gasteiger partial charge in [0.2, 0.25) is 5.91 Å². The summed E-state index contributed by atoms with van der Waals surface area (Å²) in [7, 11) is 1.56. The molecule has 6 heteroatoms. The number of benzene rings is 3. The van der Waals surface area contributed by atoms with Crippen LogP contribution in [0.1, 0.15) is 37.0 Å². The van der Waals surface area contributed by atoms with Crippen LogP contribution in [-0.4, -0.2) is 42.5 Å². The third-order valence-electron chi connectivity index (χ3n) is 6.13. The Bertz CT molecular complexity index is 1130. The van der Waals surface area contributed by atoms with Crippen LogP contribution in [0.5, 0.6) is 11.5 Å². The van der Waals surface area contributed by atoms with E-state index in [-0.39, 0.29) is 24.5 Å². The predicted molar refractivity (Wildman–Crippen MR) is 142 cm³/mol. The normalized spacial score (nSPS) is 12.3. The van der Waals surface area contributed by atoms with Gasteiger partial charge in [-0.2, -0.15) is 0 Å². The second kappa shape index (κ2) is 13.3. The molecule has 6 nitrogen and oxygen atoms in total. The van der Waals surface area contributed by atoms with Crippen LogP contribution in [-0.2, 0) is 22.6 Å². The molecule has 0 saturated carbocycles. The molecule has 0 saturated heterocycles. The van der Waals surface area contributed by atoms with Crippen molar-refractivity contribution in [2.45, 2.75) is 52.2 Å². The second-order valence-corrected chi connectivity index (χ2v) is 8.97. The van der Waals surface area contributed by atoms with Gasteiger partial charge in [0.25, 0.3) is 5.91 Å². The highest BCUT2D eigenvalue weighted by atomic mass is 16.5. The Hall–Kier alpha value is -3.80. The number of para-hydroxylation sites is 2. The SMILES string of the molecule is CC[C@@H](C)NC(=O)[C@H](Cc1ccccc1)N(Cc1cccc(C)c1)C(=O)COc1ccccc1OC. The minimum absolute atomic E-state index is 0.00322. The summed E-state index contributed by atoms with van der Waals surface area (Å²) in [6.07, 6.45) is 1.20. The average molecular weight is 489 g/mol. The number of aryl methyl sites for hydroxylation is 1. The van der Waals surface area contributed by atoms with Crippen LogP contribution >= 0.6 is 0 Å². The van der Waals surface area contributed by atoms with E-state index in [4.69, 9.17) is 9.47 Å². The first-order valence-corrected chi connectivity index (χ1v) is 12.4. The Morgan fingerprint density at radius 1 is 0.917 bits per heavy atom. The van der Waals surface area contributed by atoms with Crippen molar-refractivity contribution in [3.05, 3.63) is 95.6 Å². The molecule has 0 aromatic heterocycles. The van der Waals surface area contributed by atoms with Crippen molar-refractivity contribution in [2.24, 2.45) is 0 Å². The Labute approximate surface area is 214 Å². The topological polar surface area (TPSA) is 67.9 Å². The fraction of sp³-hybridized carbons (Fsp3) is 0.333. The summed E-state index contributed by atoms with van der Waals surface area (Å²) in [5.41, 5.74) is 3.03. The van der Waals surface area contributed by atoms with Crippen LogP contribution in [0, 0.1) is 6.92 Å². The van der Waals surface area contributed by atoms with Gasteiger partial charge in [0.15, 0.2) is 18.1 Å². The molecular weight excluding hydrogens is 452 g/mol. The summed E-state index contributed by atoms with van der Waals surface area (Å²) < 4.78 is 11.2. The minimum Gasteiger partial charge on any atom is -0.493 e. The van der Waals surface area contributed by atoms with E-state index in [1.165, 1.54) is 0 Å². The predicted octanol–water partition coefficient (Wildman–Crippen LogP) is 4.94. The zero-order valence-corrected chi connectivity index (χ0v) is 21.6. The Kier molecular flexibility index (Phi) is 9.92. The lowest BCUT2D eigenvalue weighted by Crippen LogP contribution is -2.53. The molecule has 2 amide bonds. The van der Waals surface area contributed by atoms with Crippen LogP contribution < -0.4 is 14.8 Å². The molecule has 3 rings (SSSR count). The van der Waals surface area contributed by atoms with Crippen molar-refractivity contribution in [1.82, 2.24) is 10.2 Å². The first-order valence-electron chi connectivity index (χ1n) is 12.4. The van der Waals surface area contributed by atoms with Crippen molar-refractivity contribution in [3.8, 4) is 11.5 Å².